The van der Waals surface area contributed by atoms with Crippen molar-refractivity contribution in [1.29, 1.82) is 0 Å². The van der Waals surface area contributed by atoms with E-state index in [-0.39, 0.29) is 23.4 Å². The first kappa shape index (κ1) is 19.5. The van der Waals surface area contributed by atoms with Gasteiger partial charge in [-0.1, -0.05) is 54.1 Å². The number of hydrogen-bond donors (Lipinski definition) is 0. The predicted molar refractivity (Wildman–Crippen MR) is 115 cm³/mol. The largest absolute Gasteiger partial charge is 0.307 e. The van der Waals surface area contributed by atoms with Crippen molar-refractivity contribution in [3.05, 3.63) is 99.1 Å². The normalized spacial score (nSPS) is 16.2. The number of amides is 1. The van der Waals surface area contributed by atoms with Gasteiger partial charge in [0.25, 0.3) is 5.69 Å². The van der Waals surface area contributed by atoms with Gasteiger partial charge in [-0.25, -0.2) is 0 Å². The number of nitrogens with zero attached hydrogens (tertiary/aromatic N) is 2. The molecule has 146 valence electrons. The van der Waals surface area contributed by atoms with E-state index in [9.17, 15) is 14.9 Å². The zero-order valence-corrected chi connectivity index (χ0v) is 16.9. The van der Waals surface area contributed by atoms with Gasteiger partial charge in [0.1, 0.15) is 0 Å². The van der Waals surface area contributed by atoms with E-state index in [1.54, 1.807) is 34.9 Å². The van der Waals surface area contributed by atoms with Gasteiger partial charge in [0.15, 0.2) is 0 Å². The van der Waals surface area contributed by atoms with Gasteiger partial charge in [-0.05, 0) is 29.8 Å². The fourth-order valence-electron chi connectivity index (χ4n) is 3.41. The summed E-state index contributed by atoms with van der Waals surface area (Å²) in [4.78, 5) is 26.9. The van der Waals surface area contributed by atoms with E-state index in [2.05, 4.69) is 0 Å². The lowest BCUT2D eigenvalue weighted by Gasteiger charge is -2.22. The average molecular weight is 425 g/mol. The first-order valence-electron chi connectivity index (χ1n) is 9.07. The molecule has 0 N–H and O–H groups in total. The molecule has 0 saturated carbocycles. The van der Waals surface area contributed by atoms with E-state index in [1.807, 2.05) is 48.5 Å². The number of hydrogen-bond acceptors (Lipinski definition) is 4. The van der Waals surface area contributed by atoms with Crippen LogP contribution in [0.5, 0.6) is 0 Å². The zero-order valence-electron chi connectivity index (χ0n) is 15.3. The van der Waals surface area contributed by atoms with Crippen molar-refractivity contribution >= 4 is 40.6 Å². The molecule has 0 saturated heterocycles. The molecular formula is C22H17ClN2O3S. The van der Waals surface area contributed by atoms with Crippen LogP contribution in [0.15, 0.2) is 77.7 Å². The summed E-state index contributed by atoms with van der Waals surface area (Å²) in [5, 5.41) is 12.0. The van der Waals surface area contributed by atoms with Gasteiger partial charge in [0.05, 0.1) is 17.2 Å². The summed E-state index contributed by atoms with van der Waals surface area (Å²) in [5.74, 6) is -0.0689. The molecule has 7 heteroatoms. The smallest absolute Gasteiger partial charge is 0.274 e. The molecule has 0 fully saturated rings. The van der Waals surface area contributed by atoms with Crippen LogP contribution in [0.1, 0.15) is 22.8 Å². The maximum atomic E-state index is 13.2. The molecule has 1 aliphatic heterocycles. The van der Waals surface area contributed by atoms with E-state index in [4.69, 9.17) is 11.6 Å². The number of carbonyl (C=O) groups excluding carboxylic acids is 1. The number of para-hydroxylation sites is 2. The lowest BCUT2D eigenvalue weighted by Crippen LogP contribution is -2.30. The molecule has 0 aromatic heterocycles. The van der Waals surface area contributed by atoms with Crippen LogP contribution in [0.25, 0.3) is 0 Å². The minimum Gasteiger partial charge on any atom is -0.307 e. The fraction of sp³-hybridized carbons (Fsp3) is 0.136. The predicted octanol–water partition coefficient (Wildman–Crippen LogP) is 6.02. The summed E-state index contributed by atoms with van der Waals surface area (Å²) >= 11 is 7.64. The van der Waals surface area contributed by atoms with Gasteiger partial charge >= 0.3 is 0 Å². The van der Waals surface area contributed by atoms with Crippen molar-refractivity contribution in [3.8, 4) is 0 Å². The molecule has 4 rings (SSSR count). The topological polar surface area (TPSA) is 63.5 Å². The van der Waals surface area contributed by atoms with Crippen LogP contribution in [-0.4, -0.2) is 10.8 Å². The van der Waals surface area contributed by atoms with E-state index >= 15 is 0 Å². The molecule has 0 spiro atoms. The summed E-state index contributed by atoms with van der Waals surface area (Å²) in [6.07, 6.45) is 0.293. The number of fused-ring (bicyclic) bond motifs is 1. The number of nitro groups is 1. The number of anilines is 1. The average Bonchev–Trinajstić information content (AvgIpc) is 2.86. The number of halogens is 1. The van der Waals surface area contributed by atoms with E-state index < -0.39 is 4.92 Å². The third-order valence-electron chi connectivity index (χ3n) is 4.84. The molecule has 3 aromatic carbocycles. The Labute approximate surface area is 177 Å². The molecule has 1 atom stereocenters. The highest BCUT2D eigenvalue weighted by Gasteiger charge is 2.30. The maximum absolute atomic E-state index is 13.2. The lowest BCUT2D eigenvalue weighted by atomic mass is 10.1. The third-order valence-corrected chi connectivity index (χ3v) is 6.42. The molecule has 0 aliphatic carbocycles. The number of rotatable bonds is 4. The minimum atomic E-state index is -0.408. The van der Waals surface area contributed by atoms with Crippen molar-refractivity contribution in [2.45, 2.75) is 23.1 Å². The fourth-order valence-corrected chi connectivity index (χ4v) is 4.82. The van der Waals surface area contributed by atoms with Gasteiger partial charge in [-0.15, -0.1) is 11.8 Å². The molecule has 0 radical (unpaired) electrons. The van der Waals surface area contributed by atoms with Crippen LogP contribution in [0.4, 0.5) is 11.4 Å². The Morgan fingerprint density at radius 1 is 1.03 bits per heavy atom. The first-order chi connectivity index (χ1) is 14.0. The maximum Gasteiger partial charge on any atom is 0.274 e. The Hall–Kier alpha value is -2.83. The molecule has 1 aliphatic rings. The van der Waals surface area contributed by atoms with Crippen molar-refractivity contribution in [2.24, 2.45) is 0 Å². The molecule has 1 unspecified atom stereocenters. The van der Waals surface area contributed by atoms with Crippen LogP contribution < -0.4 is 4.90 Å². The molecule has 0 bridgehead atoms. The molecule has 29 heavy (non-hydrogen) atoms. The van der Waals surface area contributed by atoms with Gasteiger partial charge in [0, 0.05) is 33.2 Å². The number of carbonyl (C=O) groups is 1. The Morgan fingerprint density at radius 2 is 1.72 bits per heavy atom. The second-order valence-corrected chi connectivity index (χ2v) is 8.38. The molecular weight excluding hydrogens is 408 g/mol. The molecule has 1 amide bonds. The van der Waals surface area contributed by atoms with Crippen LogP contribution in [0.3, 0.4) is 0 Å². The standard InChI is InChI=1S/C22H17ClN2O3S/c23-17-11-9-15(10-12-17)21-13-22(26)24(19-7-3-4-8-20(19)29-21)14-16-5-1-2-6-18(16)25(27)28/h1-12,21H,13-14H2. The molecule has 3 aromatic rings. The van der Waals surface area contributed by atoms with Crippen molar-refractivity contribution < 1.29 is 9.72 Å². The second kappa shape index (κ2) is 8.27. The summed E-state index contributed by atoms with van der Waals surface area (Å²) < 4.78 is 0. The Morgan fingerprint density at radius 3 is 2.48 bits per heavy atom. The van der Waals surface area contributed by atoms with Gasteiger partial charge in [-0.3, -0.25) is 14.9 Å². The van der Waals surface area contributed by atoms with Gasteiger partial charge < -0.3 is 4.90 Å². The minimum absolute atomic E-state index is 0.0175. The number of nitro benzene ring substituents is 1. The highest BCUT2D eigenvalue weighted by molar-refractivity contribution is 7.99. The summed E-state index contributed by atoms with van der Waals surface area (Å²) in [5.41, 5.74) is 2.33. The van der Waals surface area contributed by atoms with E-state index in [1.165, 1.54) is 6.07 Å². The number of thioether (sulfide) groups is 1. The monoisotopic (exact) mass is 424 g/mol. The van der Waals surface area contributed by atoms with Gasteiger partial charge in [0.2, 0.25) is 5.91 Å². The van der Waals surface area contributed by atoms with Gasteiger partial charge in [-0.2, -0.15) is 0 Å². The van der Waals surface area contributed by atoms with E-state index in [0.717, 1.165) is 16.1 Å². The quantitative estimate of drug-likeness (QED) is 0.379. The summed E-state index contributed by atoms with van der Waals surface area (Å²) in [6.45, 7) is 0.154. The van der Waals surface area contributed by atoms with Crippen LogP contribution >= 0.6 is 23.4 Å². The number of benzene rings is 3. The Kier molecular flexibility index (Phi) is 5.56. The van der Waals surface area contributed by atoms with Crippen molar-refractivity contribution in [2.75, 3.05) is 4.90 Å². The van der Waals surface area contributed by atoms with E-state index in [0.29, 0.717) is 17.0 Å². The molecule has 1 heterocycles. The SMILES string of the molecule is O=C1CC(c2ccc(Cl)cc2)Sc2ccccc2N1Cc1ccccc1[N+](=O)[O-]. The lowest BCUT2D eigenvalue weighted by molar-refractivity contribution is -0.385. The Balaban J connectivity index is 1.72. The summed E-state index contributed by atoms with van der Waals surface area (Å²) in [6, 6.07) is 21.7. The van der Waals surface area contributed by atoms with Crippen molar-refractivity contribution in [1.82, 2.24) is 0 Å². The Bertz CT molecular complexity index is 1070. The first-order valence-corrected chi connectivity index (χ1v) is 10.3. The van der Waals surface area contributed by atoms with Crippen LogP contribution in [0, 0.1) is 10.1 Å². The van der Waals surface area contributed by atoms with Crippen LogP contribution in [0.2, 0.25) is 5.02 Å². The highest BCUT2D eigenvalue weighted by Crippen LogP contribution is 2.46. The van der Waals surface area contributed by atoms with Crippen molar-refractivity contribution in [3.63, 3.8) is 0 Å². The van der Waals surface area contributed by atoms with Crippen LogP contribution in [-0.2, 0) is 11.3 Å². The zero-order chi connectivity index (χ0) is 20.4. The molecule has 5 nitrogen and oxygen atoms in total. The highest BCUT2D eigenvalue weighted by atomic mass is 35.5. The third kappa shape index (κ3) is 4.13. The summed E-state index contributed by atoms with van der Waals surface area (Å²) in [7, 11) is 0. The second-order valence-electron chi connectivity index (χ2n) is 6.70.